The molecule has 28 heteroatoms. The molecule has 2 unspecified atom stereocenters. The number of benzene rings is 8. The molecular formula is C115H111N25O3. The van der Waals surface area contributed by atoms with Gasteiger partial charge in [0, 0.05) is 250 Å². The number of pyridine rings is 4. The average molecular weight is 1890 g/mol. The van der Waals surface area contributed by atoms with Crippen molar-refractivity contribution in [2.75, 3.05) is 98.1 Å². The highest BCUT2D eigenvalue weighted by atomic mass is 16.2. The molecule has 28 rings (SSSR count). The van der Waals surface area contributed by atoms with Gasteiger partial charge in [-0.15, -0.1) is 0 Å². The molecule has 714 valence electrons. The zero-order valence-corrected chi connectivity index (χ0v) is 81.5. The Morgan fingerprint density at radius 1 is 0.371 bits per heavy atom. The van der Waals surface area contributed by atoms with Crippen LogP contribution >= 0.6 is 0 Å². The number of hydrogen-bond acceptors (Lipinski definition) is 17. The summed E-state index contributed by atoms with van der Waals surface area (Å²) in [5.41, 5.74) is 29.6. The maximum Gasteiger partial charge on any atom is 0.220 e. The lowest BCUT2D eigenvalue weighted by Crippen LogP contribution is -2.72. The third-order valence-electron chi connectivity index (χ3n) is 31.5. The highest BCUT2D eigenvalue weighted by molar-refractivity contribution is 6.09. The van der Waals surface area contributed by atoms with Crippen molar-refractivity contribution in [2.45, 2.75) is 65.3 Å². The number of carbonyl (C=O) groups is 3. The molecule has 28 nitrogen and oxygen atoms in total. The van der Waals surface area contributed by atoms with E-state index >= 15 is 0 Å². The third kappa shape index (κ3) is 15.3. The normalized spacial score (nSPS) is 17.9. The fourth-order valence-electron chi connectivity index (χ4n) is 24.4. The summed E-state index contributed by atoms with van der Waals surface area (Å²) in [7, 11) is 8.13. The van der Waals surface area contributed by atoms with Gasteiger partial charge >= 0.3 is 0 Å². The van der Waals surface area contributed by atoms with Gasteiger partial charge in [0.2, 0.25) is 18.7 Å². The molecular weight excluding hydrogens is 1780 g/mol. The molecule has 7 saturated heterocycles. The Bertz CT molecular complexity index is 8460. The van der Waals surface area contributed by atoms with Crippen LogP contribution in [-0.4, -0.2) is 195 Å². The first-order valence-electron chi connectivity index (χ1n) is 49.6. The van der Waals surface area contributed by atoms with Crippen molar-refractivity contribution in [2.24, 2.45) is 62.5 Å². The third-order valence-corrected chi connectivity index (χ3v) is 31.5. The molecule has 8 aromatic carbocycles. The fourth-order valence-corrected chi connectivity index (χ4v) is 24.4. The number of rotatable bonds is 15. The van der Waals surface area contributed by atoms with E-state index in [1.165, 1.54) is 54.6 Å². The van der Waals surface area contributed by atoms with Crippen LogP contribution in [0, 0.1) is 56.3 Å². The summed E-state index contributed by atoms with van der Waals surface area (Å²) in [5.74, 6) is 5.89. The number of nitrogens with two attached hydrogens (primary N) is 1. The van der Waals surface area contributed by atoms with Crippen molar-refractivity contribution in [1.82, 2.24) is 97.7 Å². The maximum absolute atomic E-state index is 11.8. The largest absolute Gasteiger partial charge is 0.402 e. The van der Waals surface area contributed by atoms with Gasteiger partial charge in [0.05, 0.1) is 75.1 Å². The summed E-state index contributed by atoms with van der Waals surface area (Å²) >= 11 is 0. The van der Waals surface area contributed by atoms with E-state index < -0.39 is 0 Å². The molecule has 1 saturated carbocycles. The first-order chi connectivity index (χ1) is 69.6. The number of aryl methyl sites for hydroxylation is 8. The monoisotopic (exact) mass is 1890 g/mol. The minimum atomic E-state index is -0.00294. The molecule has 3 amide bonds. The van der Waals surface area contributed by atoms with Gasteiger partial charge in [-0.1, -0.05) is 146 Å². The number of allylic oxidation sites excluding steroid dienone is 1. The van der Waals surface area contributed by atoms with Crippen LogP contribution in [0.3, 0.4) is 0 Å². The molecule has 143 heavy (non-hydrogen) atoms. The molecule has 8 aliphatic rings. The molecule has 3 spiro atoms. The van der Waals surface area contributed by atoms with Crippen LogP contribution < -0.4 is 30.7 Å². The molecule has 0 bridgehead atoms. The molecule has 2 atom stereocenters. The van der Waals surface area contributed by atoms with Crippen LogP contribution in [0.2, 0.25) is 0 Å². The topological polar surface area (TPSA) is 264 Å². The van der Waals surface area contributed by atoms with Gasteiger partial charge in [0.25, 0.3) is 0 Å². The van der Waals surface area contributed by atoms with Gasteiger partial charge in [0.15, 0.2) is 0 Å². The number of para-hydroxylation sites is 4. The quantitative estimate of drug-likeness (QED) is 0.0903. The molecule has 20 aromatic rings. The highest BCUT2D eigenvalue weighted by Crippen LogP contribution is 2.55. The predicted molar refractivity (Wildman–Crippen MR) is 567 cm³/mol. The lowest BCUT2D eigenvalue weighted by Gasteiger charge is -2.59. The van der Waals surface area contributed by atoms with Gasteiger partial charge in [-0.2, -0.15) is 25.5 Å². The first-order valence-corrected chi connectivity index (χ1v) is 49.6. The van der Waals surface area contributed by atoms with Gasteiger partial charge in [-0.05, 0) is 158 Å². The molecule has 3 N–H and O–H groups in total. The van der Waals surface area contributed by atoms with Gasteiger partial charge in [-0.25, -0.2) is 38.7 Å². The number of nitrogens with zero attached hydrogens (tertiary/aromatic N) is 23. The average Bonchev–Trinajstić information content (AvgIpc) is 1.41. The van der Waals surface area contributed by atoms with Crippen molar-refractivity contribution >= 4 is 129 Å². The van der Waals surface area contributed by atoms with Crippen LogP contribution in [0.5, 0.6) is 0 Å². The molecule has 12 aromatic heterocycles. The highest BCUT2D eigenvalue weighted by Gasteiger charge is 2.57. The van der Waals surface area contributed by atoms with Crippen LogP contribution in [0.15, 0.2) is 275 Å². The molecule has 0 radical (unpaired) electrons. The Kier molecular flexibility index (Phi) is 21.0. The Labute approximate surface area is 826 Å². The Balaban J connectivity index is 0.000000100. The van der Waals surface area contributed by atoms with E-state index in [9.17, 15) is 14.4 Å². The van der Waals surface area contributed by atoms with Crippen molar-refractivity contribution in [3.63, 3.8) is 0 Å². The van der Waals surface area contributed by atoms with Gasteiger partial charge in [-0.3, -0.25) is 19.1 Å². The Morgan fingerprint density at radius 2 is 0.734 bits per heavy atom. The van der Waals surface area contributed by atoms with Crippen LogP contribution in [0.4, 0.5) is 23.3 Å². The molecule has 1 aliphatic carbocycles. The predicted octanol–water partition coefficient (Wildman–Crippen LogP) is 18.3. The second-order valence-electron chi connectivity index (χ2n) is 41.4. The standard InChI is InChI=1S/C30H30N6O.C29H28N6O.C28H27N7.C28H26N6O/c1-20-5-3-8-24-28(23-7-4-6-21-18-34(2)19-25(21)23)33-36(29(20)24)22-9-10-26(31-17-22)35-15-13-30(14-16-35)12-11-27(37)32-30;1-20-5-3-8-24-27(23-7-4-6-21-14-32(2)15-25(21)23)31-35(28(20)24)22-9-10-26(30-13-22)34-17-29(18-34)11-12-33(16-29)19-36;1-16-6-4-8-20-27(19-7-5-9-24-21(19)13-33(3)31-24)32-35(28(16)20)18-10-11-25(30-12-18)34-14-22-23(15-34)26(22)17(2)29;1-19-5-3-8-23-26(22-7-4-6-20-12-31(2)13-24(20)22)30-34(27(19)23)21-9-10-25(29-11-21)33-16-28(17-33)14-32(15-28)18-35/h3-10,17-19H,11-16H2,1-2H3,(H,32,37);3-10,13-15,19H,11-12,16-18H2,1-2H3;4-13,22-23,26H,2,14-15,29H2,1,3H3;3-13,18H,14-17H2,1-2H3. The van der Waals surface area contributed by atoms with E-state index in [2.05, 4.69) is 325 Å². The SMILES string of the molecule is C=C(N)C1C2CN(c3ccc(-n4nc(-c5cccc6nn(C)cc56)c5cccc(C)c54)cn3)CC21.Cc1cccc2c(-c3cccc4cn(C)cc34)nn(-c3ccc(N4CC5(CCN(C=O)C5)C4)nc3)c12.Cc1cccc2c(-c3cccc4cn(C)cc34)nn(-c3ccc(N4CC5(CN(C=O)C5)C4)nc3)c12.Cc1cccc2c(-c3cccc4cn(C)cc34)nn(-c3ccc(N4CCC5(CCC(=O)N5)CC4)nc3)c12. The minimum Gasteiger partial charge on any atom is -0.402 e. The molecule has 7 aliphatic heterocycles. The first kappa shape index (κ1) is 87.9. The van der Waals surface area contributed by atoms with Crippen molar-refractivity contribution in [1.29, 1.82) is 0 Å². The summed E-state index contributed by atoms with van der Waals surface area (Å²) in [4.78, 5) is 66.1. The van der Waals surface area contributed by atoms with Crippen LogP contribution in [0.25, 0.3) is 155 Å². The number of fused-ring (bicyclic) bond motifs is 9. The van der Waals surface area contributed by atoms with Gasteiger partial charge < -0.3 is 54.2 Å². The number of piperidine rings is 2. The number of likely N-dealkylation sites (tertiary alicyclic amines) is 2. The summed E-state index contributed by atoms with van der Waals surface area (Å²) in [6, 6.07) is 67.9. The Hall–Kier alpha value is -16.5. The van der Waals surface area contributed by atoms with E-state index in [4.69, 9.17) is 46.1 Å². The lowest BCUT2D eigenvalue weighted by molar-refractivity contribution is -0.131. The van der Waals surface area contributed by atoms with Crippen LogP contribution in [-0.2, 0) is 42.6 Å². The lowest BCUT2D eigenvalue weighted by atomic mass is 9.73. The van der Waals surface area contributed by atoms with E-state index in [1.807, 2.05) is 77.2 Å². The van der Waals surface area contributed by atoms with Gasteiger partial charge in [0.1, 0.15) is 46.0 Å². The second kappa shape index (κ2) is 34.2. The smallest absolute Gasteiger partial charge is 0.220 e. The number of carbonyl (C=O) groups excluding carboxylic acids is 3. The molecule has 8 fully saturated rings. The van der Waals surface area contributed by atoms with Crippen molar-refractivity contribution < 1.29 is 14.4 Å². The summed E-state index contributed by atoms with van der Waals surface area (Å²) < 4.78 is 16.3. The van der Waals surface area contributed by atoms with E-state index in [0.29, 0.717) is 24.2 Å². The zero-order valence-electron chi connectivity index (χ0n) is 81.5. The zero-order chi connectivity index (χ0) is 97.2. The summed E-state index contributed by atoms with van der Waals surface area (Å²) in [6.07, 6.45) is 29.3. The number of nitrogens with one attached hydrogen (secondary N) is 1. The summed E-state index contributed by atoms with van der Waals surface area (Å²) in [6.45, 7) is 23.6. The maximum atomic E-state index is 11.8. The number of hydrogen-bond donors (Lipinski definition) is 2. The van der Waals surface area contributed by atoms with E-state index in [-0.39, 0.29) is 22.3 Å². The minimum absolute atomic E-state index is 0.00294. The molecule has 19 heterocycles. The van der Waals surface area contributed by atoms with E-state index in [1.54, 1.807) is 0 Å². The second-order valence-corrected chi connectivity index (χ2v) is 41.4. The number of amides is 3. The number of anilines is 4. The van der Waals surface area contributed by atoms with E-state index in [0.717, 1.165) is 268 Å². The fraction of sp³-hybridized carbons (Fsp3) is 0.270. The van der Waals surface area contributed by atoms with Crippen molar-refractivity contribution in [3.05, 3.63) is 297 Å². The number of aromatic nitrogens is 17. The summed E-state index contributed by atoms with van der Waals surface area (Å²) in [5, 5.41) is 41.3. The van der Waals surface area contributed by atoms with Crippen molar-refractivity contribution in [3.8, 4) is 67.8 Å². The van der Waals surface area contributed by atoms with Crippen LogP contribution in [0.1, 0.15) is 54.4 Å². The Morgan fingerprint density at radius 3 is 1.10 bits per heavy atom.